The Balaban J connectivity index is 1.71. The number of ether oxygens (including phenoxy) is 1. The fourth-order valence-corrected chi connectivity index (χ4v) is 3.07. The van der Waals surface area contributed by atoms with Gasteiger partial charge in [0.25, 0.3) is 0 Å². The number of nitrogens with one attached hydrogen (secondary N) is 1. The summed E-state index contributed by atoms with van der Waals surface area (Å²) in [6.07, 6.45) is 4.84. The van der Waals surface area contributed by atoms with Gasteiger partial charge in [0, 0.05) is 18.3 Å². The molecule has 1 aliphatic carbocycles. The number of nitrogens with zero attached hydrogens (tertiary/aromatic N) is 1. The van der Waals surface area contributed by atoms with Crippen molar-refractivity contribution in [3.63, 3.8) is 0 Å². The molecule has 1 saturated carbocycles. The number of amides is 1. The first-order valence-electron chi connectivity index (χ1n) is 8.68. The molecule has 5 heteroatoms. The second-order valence-corrected chi connectivity index (χ2v) is 6.44. The SMILES string of the molecule is CC[C@H](C(=O)NCc1cc(C2CC2)cnc1OC)c1cccc(F)c1. The van der Waals surface area contributed by atoms with E-state index in [-0.39, 0.29) is 17.6 Å². The fourth-order valence-electron chi connectivity index (χ4n) is 3.07. The van der Waals surface area contributed by atoms with Crippen LogP contribution >= 0.6 is 0 Å². The van der Waals surface area contributed by atoms with Gasteiger partial charge in [-0.2, -0.15) is 0 Å². The molecule has 4 nitrogen and oxygen atoms in total. The Kier molecular flexibility index (Phi) is 5.31. The highest BCUT2D eigenvalue weighted by Gasteiger charge is 2.25. The molecular formula is C20H23FN2O2. The van der Waals surface area contributed by atoms with Gasteiger partial charge in [0.15, 0.2) is 0 Å². The van der Waals surface area contributed by atoms with Crippen molar-refractivity contribution in [1.29, 1.82) is 0 Å². The van der Waals surface area contributed by atoms with Gasteiger partial charge in [0.2, 0.25) is 11.8 Å². The van der Waals surface area contributed by atoms with Crippen LogP contribution in [0.2, 0.25) is 0 Å². The number of rotatable bonds is 7. The normalized spacial score (nSPS) is 14.8. The number of methoxy groups -OCH3 is 1. The summed E-state index contributed by atoms with van der Waals surface area (Å²) < 4.78 is 18.8. The van der Waals surface area contributed by atoms with Crippen molar-refractivity contribution in [2.75, 3.05) is 7.11 Å². The van der Waals surface area contributed by atoms with Gasteiger partial charge in [-0.1, -0.05) is 19.1 Å². The first-order chi connectivity index (χ1) is 12.1. The van der Waals surface area contributed by atoms with Gasteiger partial charge >= 0.3 is 0 Å². The van der Waals surface area contributed by atoms with Crippen LogP contribution in [0.3, 0.4) is 0 Å². The number of aromatic nitrogens is 1. The Bertz CT molecular complexity index is 759. The van der Waals surface area contributed by atoms with E-state index in [4.69, 9.17) is 4.74 Å². The average Bonchev–Trinajstić information content (AvgIpc) is 3.45. The van der Waals surface area contributed by atoms with Crippen LogP contribution in [0.15, 0.2) is 36.5 Å². The number of hydrogen-bond acceptors (Lipinski definition) is 3. The highest BCUT2D eigenvalue weighted by atomic mass is 19.1. The Morgan fingerprint density at radius 2 is 2.20 bits per heavy atom. The number of halogens is 1. The molecule has 132 valence electrons. The van der Waals surface area contributed by atoms with Crippen LogP contribution < -0.4 is 10.1 Å². The van der Waals surface area contributed by atoms with E-state index in [2.05, 4.69) is 16.4 Å². The van der Waals surface area contributed by atoms with E-state index in [1.54, 1.807) is 19.2 Å². The monoisotopic (exact) mass is 342 g/mol. The third kappa shape index (κ3) is 4.16. The molecular weight excluding hydrogens is 319 g/mol. The Morgan fingerprint density at radius 3 is 2.84 bits per heavy atom. The Hall–Kier alpha value is -2.43. The van der Waals surface area contributed by atoms with Crippen LogP contribution in [0.4, 0.5) is 4.39 Å². The van der Waals surface area contributed by atoms with Crippen molar-refractivity contribution in [2.24, 2.45) is 0 Å². The molecule has 0 unspecified atom stereocenters. The molecule has 1 atom stereocenters. The van der Waals surface area contributed by atoms with Crippen molar-refractivity contribution in [2.45, 2.75) is 44.6 Å². The van der Waals surface area contributed by atoms with E-state index >= 15 is 0 Å². The number of benzene rings is 1. The molecule has 0 aliphatic heterocycles. The third-order valence-corrected chi connectivity index (χ3v) is 4.62. The number of carbonyl (C=O) groups excluding carboxylic acids is 1. The number of carbonyl (C=O) groups is 1. The fraction of sp³-hybridized carbons (Fsp3) is 0.400. The van der Waals surface area contributed by atoms with Crippen molar-refractivity contribution < 1.29 is 13.9 Å². The lowest BCUT2D eigenvalue weighted by Gasteiger charge is -2.16. The van der Waals surface area contributed by atoms with E-state index in [0.717, 1.165) is 5.56 Å². The van der Waals surface area contributed by atoms with E-state index in [9.17, 15) is 9.18 Å². The Labute approximate surface area is 147 Å². The van der Waals surface area contributed by atoms with Crippen LogP contribution in [0.1, 0.15) is 54.7 Å². The van der Waals surface area contributed by atoms with Crippen LogP contribution in [-0.2, 0) is 11.3 Å². The summed E-state index contributed by atoms with van der Waals surface area (Å²) in [6, 6.07) is 8.28. The third-order valence-electron chi connectivity index (χ3n) is 4.62. The van der Waals surface area contributed by atoms with Crippen LogP contribution in [-0.4, -0.2) is 18.0 Å². The maximum atomic E-state index is 13.4. The number of hydrogen-bond donors (Lipinski definition) is 1. The zero-order chi connectivity index (χ0) is 17.8. The summed E-state index contributed by atoms with van der Waals surface area (Å²) >= 11 is 0. The van der Waals surface area contributed by atoms with E-state index in [1.807, 2.05) is 13.1 Å². The summed E-state index contributed by atoms with van der Waals surface area (Å²) in [5.74, 6) is 0.298. The summed E-state index contributed by atoms with van der Waals surface area (Å²) in [7, 11) is 1.58. The highest BCUT2D eigenvalue weighted by molar-refractivity contribution is 5.83. The van der Waals surface area contributed by atoms with Crippen molar-refractivity contribution in [1.82, 2.24) is 10.3 Å². The largest absolute Gasteiger partial charge is 0.481 e. The summed E-state index contributed by atoms with van der Waals surface area (Å²) in [6.45, 7) is 2.27. The smallest absolute Gasteiger partial charge is 0.227 e. The highest BCUT2D eigenvalue weighted by Crippen LogP contribution is 2.40. The van der Waals surface area contributed by atoms with Gasteiger partial charge in [-0.05, 0) is 54.5 Å². The molecule has 1 amide bonds. The summed E-state index contributed by atoms with van der Waals surface area (Å²) in [5.41, 5.74) is 2.76. The molecule has 1 heterocycles. The van der Waals surface area contributed by atoms with Gasteiger partial charge in [-0.25, -0.2) is 9.37 Å². The summed E-state index contributed by atoms with van der Waals surface area (Å²) in [4.78, 5) is 16.9. The standard InChI is InChI=1S/C20H23FN2O2/c1-3-18(14-5-4-6-17(21)10-14)19(24)22-12-16-9-15(13-7-8-13)11-23-20(16)25-2/h4-6,9-11,13,18H,3,7-8,12H2,1-2H3,(H,22,24)/t18-/m0/s1. The van der Waals surface area contributed by atoms with Crippen LogP contribution in [0, 0.1) is 5.82 Å². The van der Waals surface area contributed by atoms with Gasteiger partial charge < -0.3 is 10.1 Å². The molecule has 1 N–H and O–H groups in total. The minimum atomic E-state index is -0.374. The quantitative estimate of drug-likeness (QED) is 0.830. The minimum absolute atomic E-state index is 0.119. The van der Waals surface area contributed by atoms with E-state index in [0.29, 0.717) is 30.3 Å². The molecule has 2 aromatic rings. The maximum Gasteiger partial charge on any atom is 0.227 e. The molecule has 1 fully saturated rings. The summed E-state index contributed by atoms with van der Waals surface area (Å²) in [5, 5.41) is 2.95. The molecule has 0 radical (unpaired) electrons. The lowest BCUT2D eigenvalue weighted by atomic mass is 9.95. The van der Waals surface area contributed by atoms with Gasteiger partial charge in [0.1, 0.15) is 5.82 Å². The lowest BCUT2D eigenvalue weighted by Crippen LogP contribution is -2.29. The first kappa shape index (κ1) is 17.4. The number of pyridine rings is 1. The Morgan fingerprint density at radius 1 is 1.40 bits per heavy atom. The molecule has 0 spiro atoms. The van der Waals surface area contributed by atoms with Gasteiger partial charge in [-0.3, -0.25) is 4.79 Å². The van der Waals surface area contributed by atoms with E-state index in [1.165, 1.54) is 30.5 Å². The zero-order valence-corrected chi connectivity index (χ0v) is 14.6. The second kappa shape index (κ2) is 7.64. The van der Waals surface area contributed by atoms with E-state index < -0.39 is 0 Å². The molecule has 1 aromatic carbocycles. The predicted octanol–water partition coefficient (Wildman–Crippen LogP) is 3.92. The van der Waals surface area contributed by atoms with Crippen molar-refractivity contribution >= 4 is 5.91 Å². The maximum absolute atomic E-state index is 13.4. The van der Waals surface area contributed by atoms with Crippen molar-refractivity contribution in [3.8, 4) is 5.88 Å². The molecule has 1 aliphatic rings. The zero-order valence-electron chi connectivity index (χ0n) is 14.6. The van der Waals surface area contributed by atoms with Crippen LogP contribution in [0.5, 0.6) is 5.88 Å². The van der Waals surface area contributed by atoms with Crippen LogP contribution in [0.25, 0.3) is 0 Å². The topological polar surface area (TPSA) is 51.2 Å². The molecule has 25 heavy (non-hydrogen) atoms. The van der Waals surface area contributed by atoms with Gasteiger partial charge in [-0.15, -0.1) is 0 Å². The average molecular weight is 342 g/mol. The van der Waals surface area contributed by atoms with Gasteiger partial charge in [0.05, 0.1) is 13.0 Å². The van der Waals surface area contributed by atoms with Crippen molar-refractivity contribution in [3.05, 3.63) is 59.0 Å². The predicted molar refractivity (Wildman–Crippen MR) is 94.0 cm³/mol. The first-order valence-corrected chi connectivity index (χ1v) is 8.68. The second-order valence-electron chi connectivity index (χ2n) is 6.44. The molecule has 0 saturated heterocycles. The molecule has 0 bridgehead atoms. The molecule has 1 aromatic heterocycles. The minimum Gasteiger partial charge on any atom is -0.481 e. The molecule has 3 rings (SSSR count). The lowest BCUT2D eigenvalue weighted by molar-refractivity contribution is -0.122.